The summed E-state index contributed by atoms with van der Waals surface area (Å²) in [6.45, 7) is 2.38. The fourth-order valence-corrected chi connectivity index (χ4v) is 3.69. The monoisotopic (exact) mass is 404 g/mol. The fourth-order valence-electron chi connectivity index (χ4n) is 3.00. The van der Waals surface area contributed by atoms with E-state index in [2.05, 4.69) is 5.32 Å². The Morgan fingerprint density at radius 3 is 2.54 bits per heavy atom. The zero-order valence-corrected chi connectivity index (χ0v) is 16.2. The predicted molar refractivity (Wildman–Crippen MR) is 104 cm³/mol. The molecule has 0 radical (unpaired) electrons. The topological polar surface area (TPSA) is 75.7 Å². The largest absolute Gasteiger partial charge is 0.452 e. The van der Waals surface area contributed by atoms with E-state index in [1.54, 1.807) is 17.0 Å². The van der Waals surface area contributed by atoms with Gasteiger partial charge >= 0.3 is 5.97 Å². The van der Waals surface area contributed by atoms with Gasteiger partial charge in [-0.2, -0.15) is 0 Å². The molecule has 1 aliphatic rings. The van der Waals surface area contributed by atoms with Gasteiger partial charge in [0.2, 0.25) is 0 Å². The minimum absolute atomic E-state index is 0.0283. The van der Waals surface area contributed by atoms with Gasteiger partial charge in [0.1, 0.15) is 5.82 Å². The number of piperidine rings is 1. The van der Waals surface area contributed by atoms with Crippen LogP contribution < -0.4 is 5.32 Å². The molecule has 1 aromatic carbocycles. The van der Waals surface area contributed by atoms with E-state index < -0.39 is 23.8 Å². The quantitative estimate of drug-likeness (QED) is 0.776. The van der Waals surface area contributed by atoms with Gasteiger partial charge in [-0.1, -0.05) is 18.2 Å². The fraction of sp³-hybridized carbons (Fsp3) is 0.350. The molecule has 6 nitrogen and oxygen atoms in total. The van der Waals surface area contributed by atoms with Crippen LogP contribution in [0.1, 0.15) is 29.4 Å². The summed E-state index contributed by atoms with van der Waals surface area (Å²) in [4.78, 5) is 39.3. The molecule has 1 aromatic heterocycles. The van der Waals surface area contributed by atoms with Gasteiger partial charge in [-0.3, -0.25) is 14.4 Å². The van der Waals surface area contributed by atoms with Crippen molar-refractivity contribution in [1.82, 2.24) is 4.90 Å². The van der Waals surface area contributed by atoms with Crippen molar-refractivity contribution in [3.63, 3.8) is 0 Å². The number of halogens is 1. The number of hydrogen-bond donors (Lipinski definition) is 1. The summed E-state index contributed by atoms with van der Waals surface area (Å²) in [6.07, 6.45) is -0.0762. The molecule has 0 saturated carbocycles. The van der Waals surface area contributed by atoms with Gasteiger partial charge < -0.3 is 15.0 Å². The van der Waals surface area contributed by atoms with Gasteiger partial charge in [-0.05, 0) is 43.3 Å². The summed E-state index contributed by atoms with van der Waals surface area (Å²) in [5.41, 5.74) is 0.0378. The van der Waals surface area contributed by atoms with Crippen molar-refractivity contribution in [2.75, 3.05) is 18.4 Å². The number of thiophene rings is 1. The molecular weight excluding hydrogens is 383 g/mol. The van der Waals surface area contributed by atoms with Crippen molar-refractivity contribution < 1.29 is 23.5 Å². The van der Waals surface area contributed by atoms with Crippen LogP contribution in [0, 0.1) is 11.7 Å². The predicted octanol–water partition coefficient (Wildman–Crippen LogP) is 3.31. The summed E-state index contributed by atoms with van der Waals surface area (Å²) in [6, 6.07) is 9.39. The number of nitrogens with one attached hydrogen (secondary N) is 1. The Balaban J connectivity index is 1.48. The molecule has 1 atom stereocenters. The number of amides is 2. The highest BCUT2D eigenvalue weighted by Gasteiger charge is 2.31. The molecule has 0 aliphatic carbocycles. The van der Waals surface area contributed by atoms with Crippen molar-refractivity contribution in [3.05, 3.63) is 52.5 Å². The van der Waals surface area contributed by atoms with E-state index in [4.69, 9.17) is 4.74 Å². The molecule has 2 heterocycles. The molecule has 2 amide bonds. The van der Waals surface area contributed by atoms with Crippen molar-refractivity contribution in [3.8, 4) is 0 Å². The SMILES string of the molecule is C[C@@H](OC(=O)C1CCN(C(=O)c2cccs2)CC1)C(=O)Nc1ccccc1F. The molecule has 2 aromatic rings. The number of anilines is 1. The van der Waals surface area contributed by atoms with Gasteiger partial charge in [0.05, 0.1) is 16.5 Å². The van der Waals surface area contributed by atoms with Crippen LogP contribution in [0.15, 0.2) is 41.8 Å². The molecule has 28 heavy (non-hydrogen) atoms. The lowest BCUT2D eigenvalue weighted by atomic mass is 9.97. The van der Waals surface area contributed by atoms with Crippen LogP contribution in [0.4, 0.5) is 10.1 Å². The number of esters is 1. The average Bonchev–Trinajstić information content (AvgIpc) is 3.24. The van der Waals surface area contributed by atoms with Crippen LogP contribution in [0.5, 0.6) is 0 Å². The lowest BCUT2D eigenvalue weighted by Gasteiger charge is -2.31. The lowest BCUT2D eigenvalue weighted by molar-refractivity contribution is -0.158. The standard InChI is InChI=1S/C20H21FN2O4S/c1-13(18(24)22-16-6-3-2-5-15(16)21)27-20(26)14-8-10-23(11-9-14)19(25)17-7-4-12-28-17/h2-7,12-14H,8-11H2,1H3,(H,22,24)/t13-/m1/s1. The summed E-state index contributed by atoms with van der Waals surface area (Å²) in [5, 5.41) is 4.27. The molecule has 1 saturated heterocycles. The Morgan fingerprint density at radius 2 is 1.89 bits per heavy atom. The van der Waals surface area contributed by atoms with Crippen LogP contribution >= 0.6 is 11.3 Å². The van der Waals surface area contributed by atoms with Crippen molar-refractivity contribution in [1.29, 1.82) is 0 Å². The molecule has 3 rings (SSSR count). The molecule has 0 spiro atoms. The maximum absolute atomic E-state index is 13.6. The van der Waals surface area contributed by atoms with Gasteiger partial charge in [0, 0.05) is 13.1 Å². The van der Waals surface area contributed by atoms with Crippen molar-refractivity contribution in [2.45, 2.75) is 25.9 Å². The third kappa shape index (κ3) is 4.75. The first-order valence-electron chi connectivity index (χ1n) is 9.04. The van der Waals surface area contributed by atoms with Crippen LogP contribution in [0.25, 0.3) is 0 Å². The van der Waals surface area contributed by atoms with E-state index in [-0.39, 0.29) is 17.5 Å². The Kier molecular flexibility index (Phi) is 6.41. The summed E-state index contributed by atoms with van der Waals surface area (Å²) < 4.78 is 18.9. The first-order chi connectivity index (χ1) is 13.5. The van der Waals surface area contributed by atoms with Crippen LogP contribution in [0.3, 0.4) is 0 Å². The number of carbonyl (C=O) groups excluding carboxylic acids is 3. The number of hydrogen-bond acceptors (Lipinski definition) is 5. The highest BCUT2D eigenvalue weighted by molar-refractivity contribution is 7.12. The first kappa shape index (κ1) is 20.0. The number of para-hydroxylation sites is 1. The van der Waals surface area contributed by atoms with E-state index in [1.807, 2.05) is 11.4 Å². The van der Waals surface area contributed by atoms with Crippen LogP contribution in [0.2, 0.25) is 0 Å². The Hall–Kier alpha value is -2.74. The van der Waals surface area contributed by atoms with Gasteiger partial charge in [0.25, 0.3) is 11.8 Å². The minimum Gasteiger partial charge on any atom is -0.452 e. The molecule has 1 N–H and O–H groups in total. The summed E-state index contributed by atoms with van der Waals surface area (Å²) in [5.74, 6) is -2.02. The molecule has 0 unspecified atom stereocenters. The molecule has 148 valence electrons. The van der Waals surface area contributed by atoms with Crippen molar-refractivity contribution in [2.24, 2.45) is 5.92 Å². The third-order valence-corrected chi connectivity index (χ3v) is 5.50. The maximum Gasteiger partial charge on any atom is 0.309 e. The van der Waals surface area contributed by atoms with Crippen LogP contribution in [-0.2, 0) is 14.3 Å². The highest BCUT2D eigenvalue weighted by Crippen LogP contribution is 2.22. The second-order valence-electron chi connectivity index (χ2n) is 6.59. The number of nitrogens with zero attached hydrogens (tertiary/aromatic N) is 1. The Bertz CT molecular complexity index is 848. The first-order valence-corrected chi connectivity index (χ1v) is 9.92. The molecule has 1 aliphatic heterocycles. The highest BCUT2D eigenvalue weighted by atomic mass is 32.1. The van der Waals surface area contributed by atoms with Crippen molar-refractivity contribution >= 4 is 34.8 Å². The Labute approximate surface area is 166 Å². The van der Waals surface area contributed by atoms with Gasteiger partial charge in [-0.25, -0.2) is 4.39 Å². The van der Waals surface area contributed by atoms with E-state index >= 15 is 0 Å². The minimum atomic E-state index is -1.04. The smallest absolute Gasteiger partial charge is 0.309 e. The third-order valence-electron chi connectivity index (χ3n) is 4.64. The molecule has 1 fully saturated rings. The van der Waals surface area contributed by atoms with E-state index in [1.165, 1.54) is 36.5 Å². The zero-order valence-electron chi connectivity index (χ0n) is 15.4. The Morgan fingerprint density at radius 1 is 1.18 bits per heavy atom. The summed E-state index contributed by atoms with van der Waals surface area (Å²) >= 11 is 1.39. The number of likely N-dealkylation sites (tertiary alicyclic amines) is 1. The van der Waals surface area contributed by atoms with Gasteiger partial charge in [-0.15, -0.1) is 11.3 Å². The average molecular weight is 404 g/mol. The van der Waals surface area contributed by atoms with Crippen LogP contribution in [-0.4, -0.2) is 41.9 Å². The van der Waals surface area contributed by atoms with Gasteiger partial charge in [0.15, 0.2) is 6.10 Å². The number of benzene rings is 1. The molecule has 8 heteroatoms. The summed E-state index contributed by atoms with van der Waals surface area (Å²) in [7, 11) is 0. The van der Waals surface area contributed by atoms with E-state index in [9.17, 15) is 18.8 Å². The maximum atomic E-state index is 13.6. The molecule has 0 bridgehead atoms. The number of ether oxygens (including phenoxy) is 1. The van der Waals surface area contributed by atoms with E-state index in [0.717, 1.165) is 0 Å². The molecular formula is C20H21FN2O4S. The van der Waals surface area contributed by atoms with E-state index in [0.29, 0.717) is 30.8 Å². The number of rotatable bonds is 5. The second kappa shape index (κ2) is 8.97. The zero-order chi connectivity index (χ0) is 20.1. The second-order valence-corrected chi connectivity index (χ2v) is 7.54. The lowest BCUT2D eigenvalue weighted by Crippen LogP contribution is -2.41. The number of carbonyl (C=O) groups is 3. The normalized spacial score (nSPS) is 15.7.